The summed E-state index contributed by atoms with van der Waals surface area (Å²) in [6, 6.07) is 25.5. The molecule has 0 fully saturated rings. The molecule has 3 aromatic carbocycles. The second-order valence-corrected chi connectivity index (χ2v) is 8.34. The van der Waals surface area contributed by atoms with E-state index in [1.165, 1.54) is 4.46 Å². The van der Waals surface area contributed by atoms with Crippen LogP contribution in [0.1, 0.15) is 0 Å². The Labute approximate surface area is 156 Å². The van der Waals surface area contributed by atoms with Crippen LogP contribution in [0.2, 0.25) is 5.02 Å². The Kier molecular flexibility index (Phi) is 4.46. The summed E-state index contributed by atoms with van der Waals surface area (Å²) in [6.07, 6.45) is 0. The van der Waals surface area contributed by atoms with Crippen LogP contribution in [0.25, 0.3) is 22.2 Å². The van der Waals surface area contributed by atoms with E-state index in [-0.39, 0.29) is 20.4 Å². The first-order chi connectivity index (χ1) is 12.2. The van der Waals surface area contributed by atoms with Crippen LogP contribution in [0.5, 0.6) is 0 Å². The summed E-state index contributed by atoms with van der Waals surface area (Å²) in [6.45, 7) is 0. The number of H-pyrrole nitrogens is 1. The van der Waals surface area contributed by atoms with Gasteiger partial charge in [0.25, 0.3) is 0 Å². The van der Waals surface area contributed by atoms with E-state index in [0.29, 0.717) is 10.4 Å². The average molecular weight is 411 g/mol. The quantitative estimate of drug-likeness (QED) is 0.515. The van der Waals surface area contributed by atoms with Gasteiger partial charge in [0.15, 0.2) is 0 Å². The van der Waals surface area contributed by atoms with Crippen LogP contribution in [0.3, 0.4) is 0 Å². The Hall–Kier alpha value is -2.32. The van der Waals surface area contributed by atoms with E-state index in [4.69, 9.17) is 11.6 Å². The predicted octanol–water partition coefficient (Wildman–Crippen LogP) is 3.50. The normalized spacial score (nSPS) is 10.9. The van der Waals surface area contributed by atoms with Crippen molar-refractivity contribution in [1.29, 1.82) is 0 Å². The van der Waals surface area contributed by atoms with Gasteiger partial charge in [0.05, 0.1) is 0 Å². The molecule has 0 radical (unpaired) electrons. The van der Waals surface area contributed by atoms with Crippen molar-refractivity contribution < 1.29 is 0 Å². The zero-order valence-corrected chi connectivity index (χ0v) is 15.7. The van der Waals surface area contributed by atoms with Crippen molar-refractivity contribution in [3.63, 3.8) is 0 Å². The molecule has 0 saturated heterocycles. The molecule has 0 saturated carbocycles. The van der Waals surface area contributed by atoms with E-state index in [2.05, 4.69) is 17.1 Å². The van der Waals surface area contributed by atoms with E-state index in [9.17, 15) is 4.79 Å². The number of pyridine rings is 1. The molecule has 25 heavy (non-hydrogen) atoms. The Morgan fingerprint density at radius 2 is 1.52 bits per heavy atom. The minimum atomic E-state index is -0.0894. The molecule has 0 atom stereocenters. The summed E-state index contributed by atoms with van der Waals surface area (Å²) in [5.74, 6) is 0. The summed E-state index contributed by atoms with van der Waals surface area (Å²) >= 11 is 6.03. The van der Waals surface area contributed by atoms with Crippen molar-refractivity contribution in [2.24, 2.45) is 0 Å². The maximum absolute atomic E-state index is 13.2. The van der Waals surface area contributed by atoms with Gasteiger partial charge in [-0.25, -0.2) is 0 Å². The molecule has 0 aliphatic carbocycles. The van der Waals surface area contributed by atoms with Gasteiger partial charge >= 0.3 is 157 Å². The number of benzene rings is 3. The first-order valence-corrected chi connectivity index (χ1v) is 9.95. The minimum absolute atomic E-state index is 0.0770. The van der Waals surface area contributed by atoms with Gasteiger partial charge in [0, 0.05) is 0 Å². The van der Waals surface area contributed by atoms with Crippen LogP contribution in [-0.4, -0.2) is 19.9 Å². The summed E-state index contributed by atoms with van der Waals surface area (Å²) in [7, 11) is 0. The molecule has 0 unspecified atom stereocenters. The molecular weight excluding hydrogens is 397 g/mol. The molecule has 1 aromatic heterocycles. The Balaban J connectivity index is 1.99. The van der Waals surface area contributed by atoms with Gasteiger partial charge in [-0.2, -0.15) is 0 Å². The van der Waals surface area contributed by atoms with Gasteiger partial charge in [-0.3, -0.25) is 0 Å². The third-order valence-electron chi connectivity index (χ3n) is 3.94. The monoisotopic (exact) mass is 411 g/mol. The van der Waals surface area contributed by atoms with Gasteiger partial charge in [0.2, 0.25) is 0 Å². The summed E-state index contributed by atoms with van der Waals surface area (Å²) < 4.78 is 2.01. The van der Waals surface area contributed by atoms with E-state index in [1.54, 1.807) is 12.1 Å². The molecule has 2 nitrogen and oxygen atoms in total. The topological polar surface area (TPSA) is 32.9 Å². The van der Waals surface area contributed by atoms with E-state index in [0.717, 1.165) is 21.2 Å². The van der Waals surface area contributed by atoms with Crippen LogP contribution < -0.4 is 14.4 Å². The van der Waals surface area contributed by atoms with Crippen LogP contribution in [0, 0.1) is 0 Å². The SMILES string of the molecule is O=c1c([Se]c2ccccc2)c(-c2ccccc2)[nH]c2cc(Cl)ccc12. The number of halogens is 1. The van der Waals surface area contributed by atoms with Gasteiger partial charge in [-0.15, -0.1) is 0 Å². The summed E-state index contributed by atoms with van der Waals surface area (Å²) in [5.41, 5.74) is 2.73. The van der Waals surface area contributed by atoms with E-state index in [1.807, 2.05) is 54.6 Å². The van der Waals surface area contributed by atoms with Crippen LogP contribution in [0.4, 0.5) is 0 Å². The number of nitrogens with one attached hydrogen (secondary N) is 1. The molecule has 1 N–H and O–H groups in total. The molecule has 0 amide bonds. The zero-order valence-electron chi connectivity index (χ0n) is 13.2. The first kappa shape index (κ1) is 16.2. The second kappa shape index (κ2) is 6.89. The fourth-order valence-electron chi connectivity index (χ4n) is 2.76. The molecule has 4 heteroatoms. The molecule has 0 aliphatic rings. The molecule has 0 aliphatic heterocycles. The molecule has 4 aromatic rings. The number of fused-ring (bicyclic) bond motifs is 1. The van der Waals surface area contributed by atoms with Gasteiger partial charge < -0.3 is 0 Å². The first-order valence-electron chi connectivity index (χ1n) is 7.86. The number of aromatic amines is 1. The van der Waals surface area contributed by atoms with Gasteiger partial charge in [-0.05, 0) is 0 Å². The van der Waals surface area contributed by atoms with Crippen LogP contribution in [0.15, 0.2) is 83.7 Å². The number of aromatic nitrogens is 1. The van der Waals surface area contributed by atoms with Gasteiger partial charge in [0.1, 0.15) is 0 Å². The standard InChI is InChI=1S/C21H14ClNOSe/c22-15-11-12-17-18(13-15)23-19(14-7-3-1-4-8-14)21(20(17)24)25-16-9-5-2-6-10-16/h1-13H,(H,23,24). The summed E-state index contributed by atoms with van der Waals surface area (Å²) in [5, 5.41) is 1.29. The van der Waals surface area contributed by atoms with Crippen molar-refractivity contribution in [2.75, 3.05) is 0 Å². The molecule has 4 rings (SSSR count). The molecule has 0 bridgehead atoms. The van der Waals surface area contributed by atoms with Crippen LogP contribution >= 0.6 is 11.6 Å². The van der Waals surface area contributed by atoms with Crippen molar-refractivity contribution in [1.82, 2.24) is 4.98 Å². The second-order valence-electron chi connectivity index (χ2n) is 5.63. The molecule has 122 valence electrons. The van der Waals surface area contributed by atoms with Crippen molar-refractivity contribution >= 4 is 46.4 Å². The third kappa shape index (κ3) is 3.27. The Bertz CT molecular complexity index is 1090. The predicted molar refractivity (Wildman–Crippen MR) is 106 cm³/mol. The van der Waals surface area contributed by atoms with Crippen LogP contribution in [-0.2, 0) is 0 Å². The summed E-state index contributed by atoms with van der Waals surface area (Å²) in [4.78, 5) is 16.6. The van der Waals surface area contributed by atoms with Crippen molar-refractivity contribution in [3.05, 3.63) is 94.1 Å². The molecular formula is C21H14ClNOSe. The van der Waals surface area contributed by atoms with E-state index < -0.39 is 0 Å². The van der Waals surface area contributed by atoms with E-state index >= 15 is 0 Å². The zero-order chi connectivity index (χ0) is 17.2. The fourth-order valence-corrected chi connectivity index (χ4v) is 5.03. The molecule has 0 spiro atoms. The Morgan fingerprint density at radius 1 is 0.840 bits per heavy atom. The Morgan fingerprint density at radius 3 is 2.24 bits per heavy atom. The average Bonchev–Trinajstić information content (AvgIpc) is 2.65. The maximum atomic E-state index is 13.2. The number of hydrogen-bond acceptors (Lipinski definition) is 1. The van der Waals surface area contributed by atoms with Gasteiger partial charge in [-0.1, -0.05) is 0 Å². The number of hydrogen-bond donors (Lipinski definition) is 1. The number of rotatable bonds is 3. The van der Waals surface area contributed by atoms with Crippen molar-refractivity contribution in [3.8, 4) is 11.3 Å². The third-order valence-corrected chi connectivity index (χ3v) is 6.49. The molecule has 1 heterocycles. The fraction of sp³-hybridized carbons (Fsp3) is 0. The van der Waals surface area contributed by atoms with Crippen molar-refractivity contribution in [2.45, 2.75) is 0 Å².